The van der Waals surface area contributed by atoms with Gasteiger partial charge < -0.3 is 9.64 Å². The summed E-state index contributed by atoms with van der Waals surface area (Å²) in [5.74, 6) is 0.407. The van der Waals surface area contributed by atoms with Crippen LogP contribution in [0, 0.1) is 11.7 Å². The number of rotatable bonds is 4. The maximum Gasteiger partial charge on any atom is 0.260 e. The summed E-state index contributed by atoms with van der Waals surface area (Å²) in [6, 6.07) is 6.08. The van der Waals surface area contributed by atoms with Gasteiger partial charge in [0.1, 0.15) is 11.5 Å². The SMILES string of the molecule is CC1CCCN(C(=O)COc2nsnc2-c2cccc(F)c2)C1. The van der Waals surface area contributed by atoms with E-state index in [2.05, 4.69) is 15.7 Å². The number of hydrogen-bond acceptors (Lipinski definition) is 5. The first-order chi connectivity index (χ1) is 11.1. The number of aromatic nitrogens is 2. The fourth-order valence-corrected chi connectivity index (χ4v) is 3.24. The van der Waals surface area contributed by atoms with Gasteiger partial charge in [-0.1, -0.05) is 19.1 Å². The maximum absolute atomic E-state index is 13.3. The summed E-state index contributed by atoms with van der Waals surface area (Å²) in [5.41, 5.74) is 1.06. The number of ether oxygens (including phenoxy) is 1. The fourth-order valence-electron chi connectivity index (χ4n) is 2.72. The van der Waals surface area contributed by atoms with Crippen LogP contribution in [0.15, 0.2) is 24.3 Å². The van der Waals surface area contributed by atoms with Gasteiger partial charge in [-0.3, -0.25) is 4.79 Å². The number of piperidine rings is 1. The van der Waals surface area contributed by atoms with Gasteiger partial charge in [0.2, 0.25) is 0 Å². The zero-order valence-corrected chi connectivity index (χ0v) is 13.7. The van der Waals surface area contributed by atoms with E-state index in [1.54, 1.807) is 12.1 Å². The highest BCUT2D eigenvalue weighted by Gasteiger charge is 2.22. The molecule has 1 aliphatic heterocycles. The highest BCUT2D eigenvalue weighted by atomic mass is 32.1. The molecular formula is C16H18FN3O2S. The van der Waals surface area contributed by atoms with Crippen molar-refractivity contribution in [3.8, 4) is 17.1 Å². The van der Waals surface area contributed by atoms with Gasteiger partial charge in [-0.2, -0.15) is 4.37 Å². The van der Waals surface area contributed by atoms with Gasteiger partial charge in [-0.25, -0.2) is 4.39 Å². The van der Waals surface area contributed by atoms with Crippen molar-refractivity contribution >= 4 is 17.6 Å². The number of carbonyl (C=O) groups excluding carboxylic acids is 1. The second-order valence-corrected chi connectivity index (χ2v) is 6.33. The molecule has 5 nitrogen and oxygen atoms in total. The Morgan fingerprint density at radius 2 is 2.35 bits per heavy atom. The summed E-state index contributed by atoms with van der Waals surface area (Å²) in [6.07, 6.45) is 2.18. The van der Waals surface area contributed by atoms with Gasteiger partial charge in [0.25, 0.3) is 11.8 Å². The summed E-state index contributed by atoms with van der Waals surface area (Å²) < 4.78 is 27.1. The summed E-state index contributed by atoms with van der Waals surface area (Å²) in [6.45, 7) is 3.63. The lowest BCUT2D eigenvalue weighted by Crippen LogP contribution is -2.41. The number of benzene rings is 1. The van der Waals surface area contributed by atoms with Crippen LogP contribution in [0.5, 0.6) is 5.88 Å². The summed E-state index contributed by atoms with van der Waals surface area (Å²) in [5, 5.41) is 0. The van der Waals surface area contributed by atoms with Crippen molar-refractivity contribution in [2.45, 2.75) is 19.8 Å². The fraction of sp³-hybridized carbons (Fsp3) is 0.438. The van der Waals surface area contributed by atoms with E-state index in [-0.39, 0.29) is 24.2 Å². The van der Waals surface area contributed by atoms with Crippen molar-refractivity contribution in [3.05, 3.63) is 30.1 Å². The molecule has 7 heteroatoms. The average molecular weight is 335 g/mol. The van der Waals surface area contributed by atoms with E-state index in [1.165, 1.54) is 12.1 Å². The zero-order valence-electron chi connectivity index (χ0n) is 12.9. The Hall–Kier alpha value is -2.02. The molecule has 3 rings (SSSR count). The lowest BCUT2D eigenvalue weighted by molar-refractivity contribution is -0.135. The number of nitrogens with zero attached hydrogens (tertiary/aromatic N) is 3. The molecule has 1 aromatic carbocycles. The first kappa shape index (κ1) is 15.9. The van der Waals surface area contributed by atoms with Crippen LogP contribution in [0.4, 0.5) is 4.39 Å². The smallest absolute Gasteiger partial charge is 0.260 e. The van der Waals surface area contributed by atoms with Gasteiger partial charge in [0.15, 0.2) is 6.61 Å². The largest absolute Gasteiger partial charge is 0.465 e. The first-order valence-electron chi connectivity index (χ1n) is 7.62. The van der Waals surface area contributed by atoms with Crippen LogP contribution in [-0.2, 0) is 4.79 Å². The van der Waals surface area contributed by atoms with Crippen LogP contribution in [0.2, 0.25) is 0 Å². The second kappa shape index (κ2) is 7.04. The third-order valence-corrected chi connectivity index (χ3v) is 4.41. The predicted molar refractivity (Wildman–Crippen MR) is 85.8 cm³/mol. The monoisotopic (exact) mass is 335 g/mol. The third kappa shape index (κ3) is 3.85. The standard InChI is InChI=1S/C16H18FN3O2S/c1-11-4-3-7-20(9-11)14(21)10-22-16-15(18-23-19-16)12-5-2-6-13(17)8-12/h2,5-6,8,11H,3-4,7,9-10H2,1H3. The summed E-state index contributed by atoms with van der Waals surface area (Å²) in [7, 11) is 0. The van der Waals surface area contributed by atoms with Crippen LogP contribution in [-0.4, -0.2) is 39.3 Å². The molecule has 0 bridgehead atoms. The van der Waals surface area contributed by atoms with Gasteiger partial charge >= 0.3 is 0 Å². The van der Waals surface area contributed by atoms with E-state index in [0.717, 1.165) is 37.7 Å². The van der Waals surface area contributed by atoms with Crippen LogP contribution < -0.4 is 4.74 Å². The minimum atomic E-state index is -0.347. The molecule has 1 unspecified atom stereocenters. The molecular weight excluding hydrogens is 317 g/mol. The van der Waals surface area contributed by atoms with Gasteiger partial charge in [-0.05, 0) is 30.9 Å². The molecule has 1 amide bonds. The molecule has 0 saturated carbocycles. The van der Waals surface area contributed by atoms with Crippen molar-refractivity contribution < 1.29 is 13.9 Å². The van der Waals surface area contributed by atoms with E-state index in [1.807, 2.05) is 4.90 Å². The highest BCUT2D eigenvalue weighted by Crippen LogP contribution is 2.28. The third-order valence-electron chi connectivity index (χ3n) is 3.90. The summed E-state index contributed by atoms with van der Waals surface area (Å²) >= 11 is 0.982. The predicted octanol–water partition coefficient (Wildman–Crippen LogP) is 2.98. The van der Waals surface area contributed by atoms with E-state index in [0.29, 0.717) is 17.2 Å². The lowest BCUT2D eigenvalue weighted by atomic mass is 10.0. The molecule has 23 heavy (non-hydrogen) atoms. The van der Waals surface area contributed by atoms with Crippen LogP contribution in [0.3, 0.4) is 0 Å². The number of amides is 1. The van der Waals surface area contributed by atoms with Crippen LogP contribution in [0.25, 0.3) is 11.3 Å². The molecule has 2 heterocycles. The quantitative estimate of drug-likeness (QED) is 0.862. The highest BCUT2D eigenvalue weighted by molar-refractivity contribution is 6.99. The molecule has 0 aliphatic carbocycles. The van der Waals surface area contributed by atoms with Crippen LogP contribution >= 0.6 is 11.7 Å². The molecule has 1 fully saturated rings. The number of hydrogen-bond donors (Lipinski definition) is 0. The lowest BCUT2D eigenvalue weighted by Gasteiger charge is -2.30. The molecule has 0 N–H and O–H groups in total. The van der Waals surface area contributed by atoms with E-state index >= 15 is 0 Å². The van der Waals surface area contributed by atoms with Crippen molar-refractivity contribution in [2.75, 3.05) is 19.7 Å². The Bertz CT molecular complexity index is 691. The normalized spacial score (nSPS) is 18.0. The van der Waals surface area contributed by atoms with E-state index in [4.69, 9.17) is 4.74 Å². The van der Waals surface area contributed by atoms with E-state index in [9.17, 15) is 9.18 Å². The van der Waals surface area contributed by atoms with Gasteiger partial charge in [0, 0.05) is 18.7 Å². The Balaban J connectivity index is 1.65. The minimum absolute atomic E-state index is 0.0465. The molecule has 0 radical (unpaired) electrons. The first-order valence-corrected chi connectivity index (χ1v) is 8.35. The van der Waals surface area contributed by atoms with Crippen LogP contribution in [0.1, 0.15) is 19.8 Å². The Morgan fingerprint density at radius 3 is 3.13 bits per heavy atom. The molecule has 0 spiro atoms. The topological polar surface area (TPSA) is 55.3 Å². The molecule has 122 valence electrons. The number of likely N-dealkylation sites (tertiary alicyclic amines) is 1. The van der Waals surface area contributed by atoms with Crippen molar-refractivity contribution in [1.82, 2.24) is 13.6 Å². The molecule has 2 aromatic rings. The average Bonchev–Trinajstić information content (AvgIpc) is 3.01. The van der Waals surface area contributed by atoms with Crippen molar-refractivity contribution in [3.63, 3.8) is 0 Å². The second-order valence-electron chi connectivity index (χ2n) is 5.80. The van der Waals surface area contributed by atoms with Crippen molar-refractivity contribution in [2.24, 2.45) is 5.92 Å². The molecule has 1 saturated heterocycles. The number of halogens is 1. The molecule has 1 aromatic heterocycles. The summed E-state index contributed by atoms with van der Waals surface area (Å²) in [4.78, 5) is 14.1. The minimum Gasteiger partial charge on any atom is -0.465 e. The zero-order chi connectivity index (χ0) is 16.2. The van der Waals surface area contributed by atoms with E-state index < -0.39 is 0 Å². The Labute approximate surface area is 138 Å². The molecule has 1 atom stereocenters. The number of carbonyl (C=O) groups is 1. The van der Waals surface area contributed by atoms with Crippen molar-refractivity contribution in [1.29, 1.82) is 0 Å². The molecule has 1 aliphatic rings. The Kier molecular flexibility index (Phi) is 4.85. The van der Waals surface area contributed by atoms with Gasteiger partial charge in [-0.15, -0.1) is 4.37 Å². The van der Waals surface area contributed by atoms with Gasteiger partial charge in [0.05, 0.1) is 11.7 Å². The maximum atomic E-state index is 13.3. The Morgan fingerprint density at radius 1 is 1.48 bits per heavy atom.